The second kappa shape index (κ2) is 10.7. The van der Waals surface area contributed by atoms with Gasteiger partial charge in [-0.1, -0.05) is 42.5 Å². The maximum atomic E-state index is 13.9. The summed E-state index contributed by atoms with van der Waals surface area (Å²) in [4.78, 5) is 25.2. The molecule has 4 rings (SSSR count). The molecular formula is C26H27N3O6S. The number of fused-ring (bicyclic) bond motifs is 1. The first-order valence-electron chi connectivity index (χ1n) is 11.4. The Morgan fingerprint density at radius 3 is 2.47 bits per heavy atom. The first-order valence-corrected chi connectivity index (χ1v) is 12.9. The second-order valence-electron chi connectivity index (χ2n) is 8.04. The average Bonchev–Trinajstić information content (AvgIpc) is 2.91. The van der Waals surface area contributed by atoms with Gasteiger partial charge in [0.05, 0.1) is 19.3 Å². The summed E-state index contributed by atoms with van der Waals surface area (Å²) in [6, 6.07) is 20.2. The lowest BCUT2D eigenvalue weighted by Gasteiger charge is -2.35. The van der Waals surface area contributed by atoms with Gasteiger partial charge < -0.3 is 20.1 Å². The number of carbonyl (C=O) groups is 2. The van der Waals surface area contributed by atoms with Crippen LogP contribution in [-0.4, -0.2) is 46.5 Å². The van der Waals surface area contributed by atoms with Gasteiger partial charge in [0.15, 0.2) is 6.10 Å². The molecule has 0 saturated carbocycles. The van der Waals surface area contributed by atoms with Gasteiger partial charge in [-0.2, -0.15) is 0 Å². The highest BCUT2D eigenvalue weighted by molar-refractivity contribution is 7.93. The molecule has 0 radical (unpaired) electrons. The van der Waals surface area contributed by atoms with Gasteiger partial charge in [0.1, 0.15) is 16.4 Å². The Labute approximate surface area is 210 Å². The molecule has 0 aromatic heterocycles. The van der Waals surface area contributed by atoms with E-state index in [0.29, 0.717) is 6.54 Å². The number of benzene rings is 3. The van der Waals surface area contributed by atoms with E-state index in [2.05, 4.69) is 10.6 Å². The molecule has 1 heterocycles. The molecule has 36 heavy (non-hydrogen) atoms. The lowest BCUT2D eigenvalue weighted by molar-refractivity contribution is -0.127. The fraction of sp³-hybridized carbons (Fsp3) is 0.231. The number of methoxy groups -OCH3 is 1. The van der Waals surface area contributed by atoms with E-state index >= 15 is 0 Å². The summed E-state index contributed by atoms with van der Waals surface area (Å²) < 4.78 is 40.2. The normalized spacial score (nSPS) is 14.8. The van der Waals surface area contributed by atoms with E-state index in [-0.39, 0.29) is 40.7 Å². The molecule has 3 aromatic rings. The van der Waals surface area contributed by atoms with Crippen LogP contribution in [0.5, 0.6) is 11.5 Å². The lowest BCUT2D eigenvalue weighted by atomic mass is 10.2. The minimum atomic E-state index is -4.25. The van der Waals surface area contributed by atoms with Crippen LogP contribution >= 0.6 is 0 Å². The minimum Gasteiger partial charge on any atom is -0.495 e. The highest BCUT2D eigenvalue weighted by Crippen LogP contribution is 2.39. The number of hydrogen-bond donors (Lipinski definition) is 2. The van der Waals surface area contributed by atoms with Gasteiger partial charge in [-0.05, 0) is 42.8 Å². The van der Waals surface area contributed by atoms with E-state index in [1.54, 1.807) is 31.2 Å². The summed E-state index contributed by atoms with van der Waals surface area (Å²) in [6.07, 6.45) is -1.09. The number of nitrogens with one attached hydrogen (secondary N) is 2. The Hall–Kier alpha value is -4.05. The summed E-state index contributed by atoms with van der Waals surface area (Å²) >= 11 is 0. The van der Waals surface area contributed by atoms with E-state index < -0.39 is 27.9 Å². The second-order valence-corrected chi connectivity index (χ2v) is 9.87. The van der Waals surface area contributed by atoms with Crippen molar-refractivity contribution in [1.29, 1.82) is 0 Å². The summed E-state index contributed by atoms with van der Waals surface area (Å²) in [6.45, 7) is 2.18. The van der Waals surface area contributed by atoms with Crippen molar-refractivity contribution in [3.63, 3.8) is 0 Å². The molecule has 2 N–H and O–H groups in total. The summed E-state index contributed by atoms with van der Waals surface area (Å²) in [5, 5.41) is 5.47. The molecule has 0 saturated heterocycles. The van der Waals surface area contributed by atoms with Crippen LogP contribution in [0.25, 0.3) is 0 Å². The van der Waals surface area contributed by atoms with E-state index in [9.17, 15) is 18.0 Å². The highest BCUT2D eigenvalue weighted by Gasteiger charge is 2.38. The number of nitrogens with zero attached hydrogens (tertiary/aromatic N) is 1. The predicted molar refractivity (Wildman–Crippen MR) is 135 cm³/mol. The van der Waals surface area contributed by atoms with Crippen molar-refractivity contribution < 1.29 is 27.5 Å². The number of amides is 2. The molecule has 3 aromatic carbocycles. The first-order chi connectivity index (χ1) is 17.3. The van der Waals surface area contributed by atoms with Crippen molar-refractivity contribution in [2.24, 2.45) is 0 Å². The largest absolute Gasteiger partial charge is 0.495 e. The molecule has 0 aliphatic carbocycles. The number of sulfonamides is 1. The summed E-state index contributed by atoms with van der Waals surface area (Å²) in [5.41, 5.74) is 1.36. The van der Waals surface area contributed by atoms with E-state index in [1.807, 2.05) is 30.3 Å². The van der Waals surface area contributed by atoms with Crippen LogP contribution in [-0.2, 0) is 21.4 Å². The number of carbonyl (C=O) groups excluding carboxylic acids is 2. The Morgan fingerprint density at radius 1 is 1.03 bits per heavy atom. The Balaban J connectivity index is 1.68. The quantitative estimate of drug-likeness (QED) is 0.483. The Bertz CT molecular complexity index is 1360. The molecule has 1 aliphatic heterocycles. The third-order valence-corrected chi connectivity index (χ3v) is 7.47. The van der Waals surface area contributed by atoms with E-state index in [1.165, 1.54) is 25.3 Å². The Kier molecular flexibility index (Phi) is 7.44. The third-order valence-electron chi connectivity index (χ3n) is 5.67. The van der Waals surface area contributed by atoms with Crippen LogP contribution in [0, 0.1) is 0 Å². The molecule has 10 heteroatoms. The standard InChI is InChI=1S/C26H27N3O6S/c1-3-27-25(30)19-13-14-22(34-2)24(15-19)36(32,33)29-17-23(35-21-12-8-7-11-20(21)29)26(31)28-16-18-9-5-4-6-10-18/h4-15,23H,3,16-17H2,1-2H3,(H,27,30)(H,28,31)/t23-/m1/s1. The van der Waals surface area contributed by atoms with Crippen molar-refractivity contribution in [3.8, 4) is 11.5 Å². The maximum Gasteiger partial charge on any atom is 0.268 e. The number of hydrogen-bond acceptors (Lipinski definition) is 6. The molecule has 0 bridgehead atoms. The van der Waals surface area contributed by atoms with Crippen LogP contribution < -0.4 is 24.4 Å². The monoisotopic (exact) mass is 509 g/mol. The summed E-state index contributed by atoms with van der Waals surface area (Å²) in [5.74, 6) is -0.517. The van der Waals surface area contributed by atoms with Gasteiger partial charge in [-0.25, -0.2) is 8.42 Å². The maximum absolute atomic E-state index is 13.9. The molecule has 9 nitrogen and oxygen atoms in total. The number of rotatable bonds is 8. The van der Waals surface area contributed by atoms with Crippen LogP contribution in [0.15, 0.2) is 77.7 Å². The van der Waals surface area contributed by atoms with Crippen molar-refractivity contribution in [3.05, 3.63) is 83.9 Å². The lowest BCUT2D eigenvalue weighted by Crippen LogP contribution is -2.50. The van der Waals surface area contributed by atoms with Gasteiger partial charge in [-0.3, -0.25) is 13.9 Å². The first kappa shape index (κ1) is 25.1. The average molecular weight is 510 g/mol. The van der Waals surface area contributed by atoms with Gasteiger partial charge in [0.2, 0.25) is 0 Å². The zero-order valence-corrected chi connectivity index (χ0v) is 20.7. The Morgan fingerprint density at radius 2 is 1.75 bits per heavy atom. The number of para-hydroxylation sites is 2. The minimum absolute atomic E-state index is 0.0806. The molecule has 1 atom stereocenters. The molecular weight excluding hydrogens is 482 g/mol. The van der Waals surface area contributed by atoms with Crippen LogP contribution in [0.1, 0.15) is 22.8 Å². The molecule has 188 valence electrons. The zero-order valence-electron chi connectivity index (χ0n) is 19.9. The van der Waals surface area contributed by atoms with Crippen LogP contribution in [0.2, 0.25) is 0 Å². The smallest absolute Gasteiger partial charge is 0.268 e. The van der Waals surface area contributed by atoms with Gasteiger partial charge in [-0.15, -0.1) is 0 Å². The van der Waals surface area contributed by atoms with E-state index in [4.69, 9.17) is 9.47 Å². The predicted octanol–water partition coefficient (Wildman–Crippen LogP) is 2.72. The fourth-order valence-electron chi connectivity index (χ4n) is 3.87. The highest BCUT2D eigenvalue weighted by atomic mass is 32.2. The van der Waals surface area contributed by atoms with Crippen molar-refractivity contribution >= 4 is 27.5 Å². The number of ether oxygens (including phenoxy) is 2. The van der Waals surface area contributed by atoms with Crippen molar-refractivity contribution in [2.45, 2.75) is 24.5 Å². The zero-order chi connectivity index (χ0) is 25.7. The molecule has 2 amide bonds. The van der Waals surface area contributed by atoms with Gasteiger partial charge in [0.25, 0.3) is 21.8 Å². The molecule has 0 fully saturated rings. The van der Waals surface area contributed by atoms with Crippen molar-refractivity contribution in [2.75, 3.05) is 24.5 Å². The topological polar surface area (TPSA) is 114 Å². The third kappa shape index (κ3) is 5.13. The fourth-order valence-corrected chi connectivity index (χ4v) is 5.53. The van der Waals surface area contributed by atoms with Gasteiger partial charge >= 0.3 is 0 Å². The van der Waals surface area contributed by atoms with Crippen LogP contribution in [0.3, 0.4) is 0 Å². The molecule has 1 aliphatic rings. The van der Waals surface area contributed by atoms with Gasteiger partial charge in [0, 0.05) is 18.7 Å². The van der Waals surface area contributed by atoms with E-state index in [0.717, 1.165) is 9.87 Å². The van der Waals surface area contributed by atoms with Crippen molar-refractivity contribution in [1.82, 2.24) is 10.6 Å². The summed E-state index contributed by atoms with van der Waals surface area (Å²) in [7, 11) is -2.90. The SMILES string of the molecule is CCNC(=O)c1ccc(OC)c(S(=O)(=O)N2C[C@H](C(=O)NCc3ccccc3)Oc3ccccc32)c1. The number of anilines is 1. The van der Waals surface area contributed by atoms with Crippen LogP contribution in [0.4, 0.5) is 5.69 Å². The molecule has 0 spiro atoms. The molecule has 0 unspecified atom stereocenters.